The van der Waals surface area contributed by atoms with Crippen LogP contribution in [0.5, 0.6) is 0 Å². The molecule has 0 bridgehead atoms. The van der Waals surface area contributed by atoms with Crippen LogP contribution in [-0.4, -0.2) is 47.9 Å². The summed E-state index contributed by atoms with van der Waals surface area (Å²) in [5.74, 6) is -2.29. The lowest BCUT2D eigenvalue weighted by Crippen LogP contribution is -2.55. The first-order valence-electron chi connectivity index (χ1n) is 10.2. The number of amides is 3. The van der Waals surface area contributed by atoms with Gasteiger partial charge in [-0.05, 0) is 18.1 Å². The topological polar surface area (TPSA) is 121 Å². The maximum atomic E-state index is 12.7. The molecule has 0 radical (unpaired) electrons. The molecule has 0 saturated carbocycles. The number of carbonyl (C=O) groups is 5. The van der Waals surface area contributed by atoms with Crippen LogP contribution in [0.3, 0.4) is 0 Å². The minimum atomic E-state index is -1.04. The third kappa shape index (κ3) is 7.79. The Balaban J connectivity index is 2.03. The van der Waals surface area contributed by atoms with Crippen molar-refractivity contribution in [3.8, 4) is 0 Å². The summed E-state index contributed by atoms with van der Waals surface area (Å²) in [6.45, 7) is 2.77. The van der Waals surface area contributed by atoms with E-state index >= 15 is 0 Å². The van der Waals surface area contributed by atoms with E-state index in [0.717, 1.165) is 11.1 Å². The molecule has 3 atom stereocenters. The fraction of sp³-hybridized carbons (Fsp3) is 0.292. The molecule has 0 spiro atoms. The van der Waals surface area contributed by atoms with E-state index in [4.69, 9.17) is 0 Å². The van der Waals surface area contributed by atoms with Crippen molar-refractivity contribution in [3.05, 3.63) is 71.8 Å². The van der Waals surface area contributed by atoms with Crippen LogP contribution in [0.2, 0.25) is 0 Å². The first kappa shape index (κ1) is 24.5. The highest BCUT2D eigenvalue weighted by Gasteiger charge is 2.27. The van der Waals surface area contributed by atoms with Gasteiger partial charge in [0.2, 0.25) is 23.5 Å². The van der Waals surface area contributed by atoms with Crippen molar-refractivity contribution in [3.63, 3.8) is 0 Å². The van der Waals surface area contributed by atoms with Gasteiger partial charge < -0.3 is 16.0 Å². The van der Waals surface area contributed by atoms with Gasteiger partial charge in [-0.2, -0.15) is 0 Å². The third-order valence-corrected chi connectivity index (χ3v) is 4.79. The highest BCUT2D eigenvalue weighted by molar-refractivity contribution is 6.28. The van der Waals surface area contributed by atoms with Gasteiger partial charge in [0.05, 0.1) is 6.04 Å². The fourth-order valence-electron chi connectivity index (χ4n) is 3.14. The third-order valence-electron chi connectivity index (χ3n) is 4.79. The lowest BCUT2D eigenvalue weighted by Gasteiger charge is -2.22. The SMILES string of the molecule is CC(=O)N[C@@H](Cc1ccccc1)C(=O)N[C@@H](C)C(=O)N[C@@H](Cc1ccccc1)C(=O)C=O. The zero-order valence-electron chi connectivity index (χ0n) is 18.0. The van der Waals surface area contributed by atoms with Gasteiger partial charge in [0.25, 0.3) is 0 Å². The average Bonchev–Trinajstić information content (AvgIpc) is 2.78. The van der Waals surface area contributed by atoms with E-state index in [9.17, 15) is 24.0 Å². The molecule has 0 heterocycles. The van der Waals surface area contributed by atoms with Crippen LogP contribution in [0.25, 0.3) is 0 Å². The van der Waals surface area contributed by atoms with Gasteiger partial charge in [-0.1, -0.05) is 60.7 Å². The Bertz CT molecular complexity index is 947. The number of aldehydes is 1. The van der Waals surface area contributed by atoms with E-state index in [1.165, 1.54) is 13.8 Å². The second-order valence-electron chi connectivity index (χ2n) is 7.44. The Kier molecular flexibility index (Phi) is 9.28. The van der Waals surface area contributed by atoms with Crippen molar-refractivity contribution in [1.82, 2.24) is 16.0 Å². The highest BCUT2D eigenvalue weighted by atomic mass is 16.2. The second kappa shape index (κ2) is 12.1. The zero-order valence-corrected chi connectivity index (χ0v) is 18.0. The van der Waals surface area contributed by atoms with Crippen molar-refractivity contribution in [2.24, 2.45) is 0 Å². The van der Waals surface area contributed by atoms with Crippen LogP contribution >= 0.6 is 0 Å². The number of nitrogens with one attached hydrogen (secondary N) is 3. The molecular formula is C24H27N3O5. The molecule has 0 aliphatic rings. The summed E-state index contributed by atoms with van der Waals surface area (Å²) in [6, 6.07) is 15.2. The van der Waals surface area contributed by atoms with Gasteiger partial charge in [0, 0.05) is 19.8 Å². The summed E-state index contributed by atoms with van der Waals surface area (Å²) >= 11 is 0. The Morgan fingerprint density at radius 1 is 0.750 bits per heavy atom. The zero-order chi connectivity index (χ0) is 23.5. The number of rotatable bonds is 11. The number of Topliss-reactive ketones (excluding diaryl/α,β-unsaturated/α-hetero) is 1. The largest absolute Gasteiger partial charge is 0.344 e. The predicted molar refractivity (Wildman–Crippen MR) is 119 cm³/mol. The van der Waals surface area contributed by atoms with Gasteiger partial charge in [-0.25, -0.2) is 0 Å². The van der Waals surface area contributed by atoms with E-state index in [1.807, 2.05) is 36.4 Å². The smallest absolute Gasteiger partial charge is 0.243 e. The van der Waals surface area contributed by atoms with Gasteiger partial charge in [0.15, 0.2) is 6.29 Å². The van der Waals surface area contributed by atoms with Crippen LogP contribution in [0.15, 0.2) is 60.7 Å². The van der Waals surface area contributed by atoms with Gasteiger partial charge in [-0.3, -0.25) is 24.0 Å². The molecule has 2 aromatic rings. The van der Waals surface area contributed by atoms with Crippen molar-refractivity contribution in [2.75, 3.05) is 0 Å². The van der Waals surface area contributed by atoms with Crippen molar-refractivity contribution >= 4 is 29.8 Å². The number of benzene rings is 2. The molecule has 3 N–H and O–H groups in total. The molecule has 2 aromatic carbocycles. The maximum absolute atomic E-state index is 12.7. The van der Waals surface area contributed by atoms with Gasteiger partial charge in [-0.15, -0.1) is 0 Å². The summed E-state index contributed by atoms with van der Waals surface area (Å²) in [6.07, 6.45) is 0.567. The van der Waals surface area contributed by atoms with E-state index < -0.39 is 35.7 Å². The average molecular weight is 437 g/mol. The summed E-state index contributed by atoms with van der Waals surface area (Å²) in [5.41, 5.74) is 1.62. The Labute approximate surface area is 186 Å². The van der Waals surface area contributed by atoms with Crippen LogP contribution in [0.4, 0.5) is 0 Å². The van der Waals surface area contributed by atoms with Crippen LogP contribution < -0.4 is 16.0 Å². The highest BCUT2D eigenvalue weighted by Crippen LogP contribution is 2.06. The molecule has 0 aromatic heterocycles. The first-order valence-corrected chi connectivity index (χ1v) is 10.2. The Hall–Kier alpha value is -3.81. The number of carbonyl (C=O) groups excluding carboxylic acids is 5. The molecule has 168 valence electrons. The monoisotopic (exact) mass is 437 g/mol. The maximum Gasteiger partial charge on any atom is 0.243 e. The predicted octanol–water partition coefficient (Wildman–Crippen LogP) is 0.734. The standard InChI is InChI=1S/C24H27N3O5/c1-16(23(31)27-20(22(30)15-28)13-18-9-5-3-6-10-18)25-24(32)21(26-17(2)29)14-19-11-7-4-8-12-19/h3-12,15-16,20-21H,13-14H2,1-2H3,(H,25,32)(H,26,29)(H,27,31)/t16-,20-,21-/m0/s1. The number of hydrogen-bond donors (Lipinski definition) is 3. The van der Waals surface area contributed by atoms with Crippen LogP contribution in [0.1, 0.15) is 25.0 Å². The number of hydrogen-bond acceptors (Lipinski definition) is 5. The minimum Gasteiger partial charge on any atom is -0.344 e. The quantitative estimate of drug-likeness (QED) is 0.354. The normalized spacial score (nSPS) is 13.2. The molecule has 3 amide bonds. The summed E-state index contributed by atoms with van der Waals surface area (Å²) in [7, 11) is 0. The molecule has 0 unspecified atom stereocenters. The number of ketones is 1. The van der Waals surface area contributed by atoms with Gasteiger partial charge in [0.1, 0.15) is 12.1 Å². The molecular weight excluding hydrogens is 410 g/mol. The summed E-state index contributed by atoms with van der Waals surface area (Å²) in [4.78, 5) is 59.9. The molecule has 0 saturated heterocycles. The van der Waals surface area contributed by atoms with Crippen molar-refractivity contribution in [2.45, 2.75) is 44.8 Å². The van der Waals surface area contributed by atoms with Gasteiger partial charge >= 0.3 is 0 Å². The summed E-state index contributed by atoms with van der Waals surface area (Å²) in [5, 5.41) is 7.69. The Morgan fingerprint density at radius 2 is 1.25 bits per heavy atom. The van der Waals surface area contributed by atoms with E-state index in [1.54, 1.807) is 24.3 Å². The molecule has 0 aliphatic carbocycles. The molecule has 0 fully saturated rings. The van der Waals surface area contributed by atoms with Crippen LogP contribution in [0, 0.1) is 0 Å². The lowest BCUT2D eigenvalue weighted by molar-refractivity contribution is -0.134. The molecule has 8 nitrogen and oxygen atoms in total. The molecule has 8 heteroatoms. The molecule has 32 heavy (non-hydrogen) atoms. The fourth-order valence-corrected chi connectivity index (χ4v) is 3.14. The Morgan fingerprint density at radius 3 is 1.72 bits per heavy atom. The second-order valence-corrected chi connectivity index (χ2v) is 7.44. The first-order chi connectivity index (χ1) is 15.3. The van der Waals surface area contributed by atoms with Crippen LogP contribution in [-0.2, 0) is 36.8 Å². The van der Waals surface area contributed by atoms with E-state index in [-0.39, 0.29) is 25.0 Å². The minimum absolute atomic E-state index is 0.146. The van der Waals surface area contributed by atoms with E-state index in [2.05, 4.69) is 16.0 Å². The summed E-state index contributed by atoms with van der Waals surface area (Å²) < 4.78 is 0. The van der Waals surface area contributed by atoms with Crippen molar-refractivity contribution in [1.29, 1.82) is 0 Å². The lowest BCUT2D eigenvalue weighted by atomic mass is 10.0. The molecule has 2 rings (SSSR count). The van der Waals surface area contributed by atoms with Crippen molar-refractivity contribution < 1.29 is 24.0 Å². The van der Waals surface area contributed by atoms with E-state index in [0.29, 0.717) is 0 Å². The molecule has 0 aliphatic heterocycles.